The monoisotopic (exact) mass is 517 g/mol. The van der Waals surface area contributed by atoms with Gasteiger partial charge in [-0.05, 0) is 50.5 Å². The second-order valence-electron chi connectivity index (χ2n) is 10.1. The Morgan fingerprint density at radius 2 is 1.95 bits per heavy atom. The molecule has 2 fully saturated rings. The predicted molar refractivity (Wildman–Crippen MR) is 140 cm³/mol. The summed E-state index contributed by atoms with van der Waals surface area (Å²) in [5, 5.41) is 5.89. The molecule has 1 aliphatic carbocycles. The first kappa shape index (κ1) is 24.4. The fourth-order valence-corrected chi connectivity index (χ4v) is 5.06. The molecule has 4 heterocycles. The number of hydrogen-bond acceptors (Lipinski definition) is 8. The van der Waals surface area contributed by atoms with Crippen molar-refractivity contribution in [1.82, 2.24) is 25.2 Å². The zero-order chi connectivity index (χ0) is 26.1. The van der Waals surface area contributed by atoms with E-state index in [1.807, 2.05) is 24.3 Å². The number of oxazole rings is 1. The normalized spacial score (nSPS) is 19.4. The standard InChI is InChI=1S/C27H31N7O4/c1-17-15-37-12-11-34(17)25-21-14-33(26(35)23-13-28-16-38-23)10-9-22(21)31-24(32-25)18-5-7-20(8-6-18)30-27(36)29-19-3-2-4-19/h5-8,13,16-17,19H,2-4,9-12,14-15H2,1H3,(H2,29,30,36). The molecular weight excluding hydrogens is 486 g/mol. The van der Waals surface area contributed by atoms with Gasteiger partial charge >= 0.3 is 6.03 Å². The highest BCUT2D eigenvalue weighted by molar-refractivity contribution is 5.91. The Morgan fingerprint density at radius 1 is 1.11 bits per heavy atom. The molecule has 38 heavy (non-hydrogen) atoms. The SMILES string of the molecule is CC1COCCN1c1nc(-c2ccc(NC(=O)NC3CCC3)cc2)nc2c1CN(C(=O)c1cnco1)CC2. The van der Waals surface area contributed by atoms with Crippen molar-refractivity contribution in [3.05, 3.63) is 53.9 Å². The first-order valence-corrected chi connectivity index (χ1v) is 13.1. The minimum Gasteiger partial charge on any atom is -0.438 e. The van der Waals surface area contributed by atoms with Crippen LogP contribution >= 0.6 is 0 Å². The second-order valence-corrected chi connectivity index (χ2v) is 10.1. The van der Waals surface area contributed by atoms with E-state index in [-0.39, 0.29) is 29.8 Å². The number of morpholine rings is 1. The fraction of sp³-hybridized carbons (Fsp3) is 0.444. The van der Waals surface area contributed by atoms with Crippen LogP contribution in [-0.4, -0.2) is 70.2 Å². The van der Waals surface area contributed by atoms with Crippen molar-refractivity contribution in [3.63, 3.8) is 0 Å². The van der Waals surface area contributed by atoms with Crippen LogP contribution in [0.25, 0.3) is 11.4 Å². The Bertz CT molecular complexity index is 1310. The molecule has 3 aliphatic rings. The zero-order valence-corrected chi connectivity index (χ0v) is 21.4. The summed E-state index contributed by atoms with van der Waals surface area (Å²) in [5.41, 5.74) is 3.46. The zero-order valence-electron chi connectivity index (χ0n) is 21.4. The summed E-state index contributed by atoms with van der Waals surface area (Å²) in [4.78, 5) is 43.0. The molecule has 6 rings (SSSR count). The van der Waals surface area contributed by atoms with Gasteiger partial charge in [0.05, 0.1) is 37.7 Å². The number of ether oxygens (including phenoxy) is 1. The molecule has 2 N–H and O–H groups in total. The number of amides is 3. The summed E-state index contributed by atoms with van der Waals surface area (Å²) < 4.78 is 10.9. The molecule has 1 saturated carbocycles. The van der Waals surface area contributed by atoms with Gasteiger partial charge in [-0.15, -0.1) is 0 Å². The number of benzene rings is 1. The van der Waals surface area contributed by atoms with Gasteiger partial charge < -0.3 is 29.6 Å². The maximum absolute atomic E-state index is 13.0. The van der Waals surface area contributed by atoms with Gasteiger partial charge in [-0.1, -0.05) is 0 Å². The van der Waals surface area contributed by atoms with Crippen LogP contribution in [-0.2, 0) is 17.7 Å². The van der Waals surface area contributed by atoms with E-state index in [0.717, 1.165) is 35.5 Å². The largest absolute Gasteiger partial charge is 0.438 e. The number of rotatable bonds is 5. The van der Waals surface area contributed by atoms with Crippen molar-refractivity contribution in [3.8, 4) is 11.4 Å². The maximum Gasteiger partial charge on any atom is 0.319 e. The number of aromatic nitrogens is 3. The van der Waals surface area contributed by atoms with E-state index in [0.29, 0.717) is 50.8 Å². The number of carbonyl (C=O) groups excluding carboxylic acids is 2. The van der Waals surface area contributed by atoms with Crippen molar-refractivity contribution in [1.29, 1.82) is 0 Å². The molecule has 1 atom stereocenters. The summed E-state index contributed by atoms with van der Waals surface area (Å²) in [5.74, 6) is 1.49. The molecule has 11 nitrogen and oxygen atoms in total. The number of fused-ring (bicyclic) bond motifs is 1. The van der Waals surface area contributed by atoms with Crippen LogP contribution in [0.4, 0.5) is 16.3 Å². The number of nitrogens with one attached hydrogen (secondary N) is 2. The number of hydrogen-bond donors (Lipinski definition) is 2. The van der Waals surface area contributed by atoms with E-state index in [1.54, 1.807) is 4.90 Å². The number of carbonyl (C=O) groups is 2. The van der Waals surface area contributed by atoms with Crippen LogP contribution in [0.15, 0.2) is 41.3 Å². The van der Waals surface area contributed by atoms with Crippen LogP contribution in [0, 0.1) is 0 Å². The molecule has 1 aromatic carbocycles. The maximum atomic E-state index is 13.0. The van der Waals surface area contributed by atoms with Crippen molar-refractivity contribution in [2.24, 2.45) is 0 Å². The summed E-state index contributed by atoms with van der Waals surface area (Å²) in [6.45, 7) is 4.97. The lowest BCUT2D eigenvalue weighted by Crippen LogP contribution is -2.46. The Hall–Kier alpha value is -3.99. The molecule has 0 bridgehead atoms. The average molecular weight is 518 g/mol. The van der Waals surface area contributed by atoms with Gasteiger partial charge in [-0.2, -0.15) is 0 Å². The van der Waals surface area contributed by atoms with Crippen molar-refractivity contribution < 1.29 is 18.7 Å². The van der Waals surface area contributed by atoms with E-state index in [4.69, 9.17) is 19.1 Å². The van der Waals surface area contributed by atoms with E-state index < -0.39 is 0 Å². The van der Waals surface area contributed by atoms with E-state index >= 15 is 0 Å². The smallest absolute Gasteiger partial charge is 0.319 e. The predicted octanol–water partition coefficient (Wildman–Crippen LogP) is 3.23. The Balaban J connectivity index is 1.27. The topological polar surface area (TPSA) is 126 Å². The lowest BCUT2D eigenvalue weighted by atomic mass is 9.93. The molecule has 0 spiro atoms. The molecule has 3 aromatic rings. The van der Waals surface area contributed by atoms with Gasteiger partial charge in [0.15, 0.2) is 12.2 Å². The number of nitrogens with zero attached hydrogens (tertiary/aromatic N) is 5. The molecule has 198 valence electrons. The third-order valence-corrected chi connectivity index (χ3v) is 7.45. The summed E-state index contributed by atoms with van der Waals surface area (Å²) >= 11 is 0. The van der Waals surface area contributed by atoms with E-state index in [9.17, 15) is 9.59 Å². The Morgan fingerprint density at radius 3 is 2.66 bits per heavy atom. The first-order valence-electron chi connectivity index (χ1n) is 13.1. The quantitative estimate of drug-likeness (QED) is 0.528. The highest BCUT2D eigenvalue weighted by Crippen LogP contribution is 2.32. The van der Waals surface area contributed by atoms with Crippen LogP contribution < -0.4 is 15.5 Å². The van der Waals surface area contributed by atoms with Gasteiger partial charge in [0, 0.05) is 42.4 Å². The fourth-order valence-electron chi connectivity index (χ4n) is 5.06. The highest BCUT2D eigenvalue weighted by Gasteiger charge is 2.31. The molecular formula is C27H31N7O4. The summed E-state index contributed by atoms with van der Waals surface area (Å²) in [6.07, 6.45) is 6.57. The van der Waals surface area contributed by atoms with Crippen LogP contribution in [0.5, 0.6) is 0 Å². The molecule has 3 amide bonds. The number of anilines is 2. The minimum absolute atomic E-state index is 0.136. The average Bonchev–Trinajstić information content (AvgIpc) is 3.45. The molecule has 2 aliphatic heterocycles. The van der Waals surface area contributed by atoms with Gasteiger partial charge in [-0.25, -0.2) is 19.7 Å². The van der Waals surface area contributed by atoms with Gasteiger partial charge in [0.2, 0.25) is 5.76 Å². The summed E-state index contributed by atoms with van der Waals surface area (Å²) in [6, 6.07) is 7.82. The lowest BCUT2D eigenvalue weighted by Gasteiger charge is -2.38. The Labute approximate surface area is 220 Å². The van der Waals surface area contributed by atoms with Gasteiger partial charge in [0.1, 0.15) is 5.82 Å². The van der Waals surface area contributed by atoms with E-state index in [2.05, 4.69) is 27.4 Å². The molecule has 0 radical (unpaired) electrons. The van der Waals surface area contributed by atoms with Crippen molar-refractivity contribution in [2.75, 3.05) is 36.5 Å². The van der Waals surface area contributed by atoms with Gasteiger partial charge in [0.25, 0.3) is 5.91 Å². The molecule has 2 aromatic heterocycles. The first-order chi connectivity index (χ1) is 18.5. The minimum atomic E-state index is -0.192. The third kappa shape index (κ3) is 4.93. The van der Waals surface area contributed by atoms with Gasteiger partial charge in [-0.3, -0.25) is 4.79 Å². The van der Waals surface area contributed by atoms with E-state index in [1.165, 1.54) is 19.0 Å². The van der Waals surface area contributed by atoms with Crippen LogP contribution in [0.2, 0.25) is 0 Å². The third-order valence-electron chi connectivity index (χ3n) is 7.45. The van der Waals surface area contributed by atoms with Crippen molar-refractivity contribution in [2.45, 2.75) is 51.2 Å². The molecule has 1 saturated heterocycles. The van der Waals surface area contributed by atoms with Crippen LogP contribution in [0.3, 0.4) is 0 Å². The lowest BCUT2D eigenvalue weighted by molar-refractivity contribution is 0.0700. The summed E-state index contributed by atoms with van der Waals surface area (Å²) in [7, 11) is 0. The van der Waals surface area contributed by atoms with Crippen molar-refractivity contribution >= 4 is 23.4 Å². The Kier molecular flexibility index (Phi) is 6.67. The van der Waals surface area contributed by atoms with Crippen LogP contribution in [0.1, 0.15) is 48.0 Å². The molecule has 1 unspecified atom stereocenters. The number of urea groups is 1. The highest BCUT2D eigenvalue weighted by atomic mass is 16.5. The second kappa shape index (κ2) is 10.4. The molecule has 11 heteroatoms.